The summed E-state index contributed by atoms with van der Waals surface area (Å²) in [5, 5.41) is 9.62. The molecule has 0 aliphatic carbocycles. The quantitative estimate of drug-likeness (QED) is 0.844. The lowest BCUT2D eigenvalue weighted by molar-refractivity contribution is -0.138. The first kappa shape index (κ1) is 16.9. The Balaban J connectivity index is 2.31. The molecule has 0 aromatic heterocycles. The molecule has 0 aliphatic rings. The van der Waals surface area contributed by atoms with E-state index in [0.29, 0.717) is 24.5 Å². The average Bonchev–Trinajstić information content (AvgIpc) is 2.54. The number of aryl methyl sites for hydroxylation is 1. The first-order chi connectivity index (χ1) is 11.1. The van der Waals surface area contributed by atoms with Crippen LogP contribution in [0.4, 0.5) is 0 Å². The van der Waals surface area contributed by atoms with Crippen molar-refractivity contribution in [2.75, 3.05) is 13.7 Å². The van der Waals surface area contributed by atoms with E-state index in [1.165, 1.54) is 0 Å². The summed E-state index contributed by atoms with van der Waals surface area (Å²) in [6.45, 7) is 4.40. The fourth-order valence-electron chi connectivity index (χ4n) is 2.66. The zero-order valence-corrected chi connectivity index (χ0v) is 13.7. The molecule has 122 valence electrons. The Labute approximate surface area is 136 Å². The number of methoxy groups -OCH3 is 1. The lowest BCUT2D eigenvalue weighted by atomic mass is 9.89. The Morgan fingerprint density at radius 2 is 1.91 bits per heavy atom. The molecule has 2 rings (SSSR count). The van der Waals surface area contributed by atoms with Gasteiger partial charge in [-0.1, -0.05) is 30.3 Å². The van der Waals surface area contributed by atoms with Crippen molar-refractivity contribution < 1.29 is 19.4 Å². The van der Waals surface area contributed by atoms with Gasteiger partial charge in [0.2, 0.25) is 0 Å². The van der Waals surface area contributed by atoms with E-state index >= 15 is 0 Å². The molecule has 0 bridgehead atoms. The first-order valence-corrected chi connectivity index (χ1v) is 7.64. The third kappa shape index (κ3) is 4.03. The molecule has 0 fully saturated rings. The molecule has 0 amide bonds. The van der Waals surface area contributed by atoms with Crippen LogP contribution in [0.15, 0.2) is 42.5 Å². The zero-order chi connectivity index (χ0) is 16.8. The van der Waals surface area contributed by atoms with Gasteiger partial charge in [0.05, 0.1) is 19.6 Å². The predicted molar refractivity (Wildman–Crippen MR) is 89.4 cm³/mol. The zero-order valence-electron chi connectivity index (χ0n) is 13.7. The number of carboxylic acids is 1. The number of carbonyl (C=O) groups is 1. The number of hydrogen-bond acceptors (Lipinski definition) is 3. The summed E-state index contributed by atoms with van der Waals surface area (Å²) in [5.74, 6) is -0.120. The monoisotopic (exact) mass is 314 g/mol. The lowest BCUT2D eigenvalue weighted by Crippen LogP contribution is -2.15. The number of ether oxygens (including phenoxy) is 2. The summed E-state index contributed by atoms with van der Waals surface area (Å²) >= 11 is 0. The number of aliphatic carboxylic acids is 1. The van der Waals surface area contributed by atoms with Gasteiger partial charge < -0.3 is 14.6 Å². The van der Waals surface area contributed by atoms with Gasteiger partial charge in [0, 0.05) is 0 Å². The smallest absolute Gasteiger partial charge is 0.311 e. The molecule has 0 saturated heterocycles. The molecule has 4 heteroatoms. The molecule has 0 aliphatic heterocycles. The maximum Gasteiger partial charge on any atom is 0.311 e. The summed E-state index contributed by atoms with van der Waals surface area (Å²) in [7, 11) is 1.58. The molecule has 1 unspecified atom stereocenters. The van der Waals surface area contributed by atoms with E-state index in [1.54, 1.807) is 7.11 Å². The summed E-state index contributed by atoms with van der Waals surface area (Å²) in [5.41, 5.74) is 2.73. The number of carboxylic acid groups (broad SMARTS) is 1. The maximum absolute atomic E-state index is 11.7. The Kier molecular flexibility index (Phi) is 5.63. The highest BCUT2D eigenvalue weighted by atomic mass is 16.5. The van der Waals surface area contributed by atoms with E-state index in [-0.39, 0.29) is 0 Å². The molecule has 23 heavy (non-hydrogen) atoms. The SMILES string of the molecule is CCOc1ccc(CC(C(=O)O)c2ccccc2C)cc1OC. The van der Waals surface area contributed by atoms with Crippen LogP contribution in [0.1, 0.15) is 29.5 Å². The van der Waals surface area contributed by atoms with Crippen molar-refractivity contribution in [1.82, 2.24) is 0 Å². The van der Waals surface area contributed by atoms with Crippen LogP contribution in [-0.2, 0) is 11.2 Å². The number of benzene rings is 2. The summed E-state index contributed by atoms with van der Waals surface area (Å²) in [6.07, 6.45) is 0.406. The van der Waals surface area contributed by atoms with Gasteiger partial charge in [-0.2, -0.15) is 0 Å². The summed E-state index contributed by atoms with van der Waals surface area (Å²) in [4.78, 5) is 11.7. The minimum absolute atomic E-state index is 0.406. The van der Waals surface area contributed by atoms with E-state index in [0.717, 1.165) is 16.7 Å². The van der Waals surface area contributed by atoms with Crippen molar-refractivity contribution in [2.24, 2.45) is 0 Å². The Hall–Kier alpha value is -2.49. The molecule has 0 saturated carbocycles. The van der Waals surface area contributed by atoms with Crippen LogP contribution in [0.5, 0.6) is 11.5 Å². The molecule has 4 nitrogen and oxygen atoms in total. The molecule has 1 N–H and O–H groups in total. The number of hydrogen-bond donors (Lipinski definition) is 1. The highest BCUT2D eigenvalue weighted by molar-refractivity contribution is 5.77. The van der Waals surface area contributed by atoms with Crippen LogP contribution in [0.2, 0.25) is 0 Å². The second-order valence-corrected chi connectivity index (χ2v) is 5.37. The van der Waals surface area contributed by atoms with E-state index in [1.807, 2.05) is 56.3 Å². The third-order valence-electron chi connectivity index (χ3n) is 3.83. The van der Waals surface area contributed by atoms with Gasteiger partial charge >= 0.3 is 5.97 Å². The van der Waals surface area contributed by atoms with Gasteiger partial charge in [0.25, 0.3) is 0 Å². The van der Waals surface area contributed by atoms with Crippen molar-refractivity contribution in [3.63, 3.8) is 0 Å². The van der Waals surface area contributed by atoms with Gasteiger partial charge in [-0.25, -0.2) is 0 Å². The highest BCUT2D eigenvalue weighted by Crippen LogP contribution is 2.31. The van der Waals surface area contributed by atoms with E-state index in [4.69, 9.17) is 9.47 Å². The van der Waals surface area contributed by atoms with Crippen molar-refractivity contribution in [3.8, 4) is 11.5 Å². The van der Waals surface area contributed by atoms with E-state index < -0.39 is 11.9 Å². The van der Waals surface area contributed by atoms with Crippen molar-refractivity contribution in [2.45, 2.75) is 26.2 Å². The molecule has 1 atom stereocenters. The van der Waals surface area contributed by atoms with Crippen LogP contribution in [0.3, 0.4) is 0 Å². The van der Waals surface area contributed by atoms with Gasteiger partial charge in [-0.15, -0.1) is 0 Å². The van der Waals surface area contributed by atoms with Gasteiger partial charge in [-0.3, -0.25) is 4.79 Å². The minimum Gasteiger partial charge on any atom is -0.493 e. The standard InChI is InChI=1S/C19H22O4/c1-4-23-17-10-9-14(12-18(17)22-3)11-16(19(20)21)15-8-6-5-7-13(15)2/h5-10,12,16H,4,11H2,1-3H3,(H,20,21). The Morgan fingerprint density at radius 1 is 1.17 bits per heavy atom. The minimum atomic E-state index is -0.827. The van der Waals surface area contributed by atoms with E-state index in [2.05, 4.69) is 0 Å². The first-order valence-electron chi connectivity index (χ1n) is 7.64. The second-order valence-electron chi connectivity index (χ2n) is 5.37. The lowest BCUT2D eigenvalue weighted by Gasteiger charge is -2.17. The largest absolute Gasteiger partial charge is 0.493 e. The van der Waals surface area contributed by atoms with E-state index in [9.17, 15) is 9.90 Å². The van der Waals surface area contributed by atoms with Crippen molar-refractivity contribution in [1.29, 1.82) is 0 Å². The molecule has 2 aromatic rings. The van der Waals surface area contributed by atoms with Crippen LogP contribution in [-0.4, -0.2) is 24.8 Å². The van der Waals surface area contributed by atoms with Crippen LogP contribution >= 0.6 is 0 Å². The summed E-state index contributed by atoms with van der Waals surface area (Å²) < 4.78 is 10.8. The van der Waals surface area contributed by atoms with Gasteiger partial charge in [-0.05, 0) is 49.1 Å². The second kappa shape index (κ2) is 7.68. The van der Waals surface area contributed by atoms with Crippen LogP contribution in [0.25, 0.3) is 0 Å². The molecular formula is C19H22O4. The fourth-order valence-corrected chi connectivity index (χ4v) is 2.66. The fraction of sp³-hybridized carbons (Fsp3) is 0.316. The maximum atomic E-state index is 11.7. The van der Waals surface area contributed by atoms with Gasteiger partial charge in [0.1, 0.15) is 0 Å². The van der Waals surface area contributed by atoms with Crippen LogP contribution in [0, 0.1) is 6.92 Å². The third-order valence-corrected chi connectivity index (χ3v) is 3.83. The molecule has 2 aromatic carbocycles. The van der Waals surface area contributed by atoms with Gasteiger partial charge in [0.15, 0.2) is 11.5 Å². The Morgan fingerprint density at radius 3 is 2.52 bits per heavy atom. The molecular weight excluding hydrogens is 292 g/mol. The molecule has 0 heterocycles. The van der Waals surface area contributed by atoms with Crippen LogP contribution < -0.4 is 9.47 Å². The highest BCUT2D eigenvalue weighted by Gasteiger charge is 2.22. The molecule has 0 radical (unpaired) electrons. The molecule has 0 spiro atoms. The number of rotatable bonds is 7. The Bertz CT molecular complexity index is 679. The topological polar surface area (TPSA) is 55.8 Å². The normalized spacial score (nSPS) is 11.8. The predicted octanol–water partition coefficient (Wildman–Crippen LogP) is 3.81. The summed E-state index contributed by atoms with van der Waals surface area (Å²) in [6, 6.07) is 13.2. The van der Waals surface area contributed by atoms with Crippen molar-refractivity contribution >= 4 is 5.97 Å². The average molecular weight is 314 g/mol. The van der Waals surface area contributed by atoms with Crippen molar-refractivity contribution in [3.05, 3.63) is 59.2 Å².